The van der Waals surface area contributed by atoms with Crippen LogP contribution in [0.15, 0.2) is 28.8 Å². The third-order valence-electron chi connectivity index (χ3n) is 3.82. The van der Waals surface area contributed by atoms with E-state index in [4.69, 9.17) is 4.52 Å². The monoisotopic (exact) mass is 269 g/mol. The number of aromatic nitrogens is 4. The zero-order valence-corrected chi connectivity index (χ0v) is 11.0. The van der Waals surface area contributed by atoms with E-state index in [0.717, 1.165) is 48.4 Å². The van der Waals surface area contributed by atoms with E-state index >= 15 is 0 Å². The summed E-state index contributed by atoms with van der Waals surface area (Å²) >= 11 is 0. The average Bonchev–Trinajstić information content (AvgIpc) is 3.14. The zero-order valence-electron chi connectivity index (χ0n) is 11.0. The lowest BCUT2D eigenvalue weighted by Crippen LogP contribution is -2.27. The van der Waals surface area contributed by atoms with Crippen LogP contribution >= 0.6 is 0 Å². The van der Waals surface area contributed by atoms with Crippen molar-refractivity contribution in [3.8, 4) is 11.6 Å². The normalized spacial score (nSPS) is 16.8. The average molecular weight is 269 g/mol. The fourth-order valence-electron chi connectivity index (χ4n) is 2.70. The highest BCUT2D eigenvalue weighted by molar-refractivity contribution is 5.90. The van der Waals surface area contributed by atoms with Gasteiger partial charge in [-0.15, -0.1) is 0 Å². The van der Waals surface area contributed by atoms with Gasteiger partial charge in [0.1, 0.15) is 0 Å². The zero-order chi connectivity index (χ0) is 13.4. The van der Waals surface area contributed by atoms with Crippen LogP contribution in [0, 0.1) is 0 Å². The molecule has 3 heterocycles. The number of H-pyrrole nitrogens is 1. The van der Waals surface area contributed by atoms with E-state index in [1.54, 1.807) is 0 Å². The minimum absolute atomic E-state index is 0.388. The summed E-state index contributed by atoms with van der Waals surface area (Å²) in [6.45, 7) is 2.03. The highest BCUT2D eigenvalue weighted by atomic mass is 16.5. The summed E-state index contributed by atoms with van der Waals surface area (Å²) in [6, 6.07) is 7.93. The van der Waals surface area contributed by atoms with E-state index in [0.29, 0.717) is 11.8 Å². The van der Waals surface area contributed by atoms with Gasteiger partial charge in [0.25, 0.3) is 5.89 Å². The second-order valence-corrected chi connectivity index (χ2v) is 5.10. The van der Waals surface area contributed by atoms with Gasteiger partial charge in [-0.05, 0) is 32.0 Å². The molecule has 0 saturated carbocycles. The maximum Gasteiger partial charge on any atom is 0.279 e. The SMILES string of the molecule is c1ccc2c(-c3nc(C4CCNCC4)no3)n[nH]c2c1. The van der Waals surface area contributed by atoms with E-state index in [9.17, 15) is 0 Å². The van der Waals surface area contributed by atoms with E-state index in [1.807, 2.05) is 24.3 Å². The smallest absolute Gasteiger partial charge is 0.279 e. The van der Waals surface area contributed by atoms with Crippen LogP contribution in [0.1, 0.15) is 24.6 Å². The summed E-state index contributed by atoms with van der Waals surface area (Å²) in [5.74, 6) is 1.68. The molecule has 1 saturated heterocycles. The van der Waals surface area contributed by atoms with Crippen LogP contribution in [0.3, 0.4) is 0 Å². The van der Waals surface area contributed by atoms with Gasteiger partial charge in [-0.2, -0.15) is 10.1 Å². The molecule has 1 aliphatic rings. The third kappa shape index (κ3) is 1.89. The second kappa shape index (κ2) is 4.72. The molecule has 0 atom stereocenters. The fourth-order valence-corrected chi connectivity index (χ4v) is 2.70. The molecule has 2 aromatic heterocycles. The molecule has 6 nitrogen and oxygen atoms in total. The maximum absolute atomic E-state index is 5.41. The predicted molar refractivity (Wildman–Crippen MR) is 74.2 cm³/mol. The first-order valence-corrected chi connectivity index (χ1v) is 6.89. The summed E-state index contributed by atoms with van der Waals surface area (Å²) in [5, 5.41) is 15.8. The Kier molecular flexibility index (Phi) is 2.74. The minimum Gasteiger partial charge on any atom is -0.332 e. The van der Waals surface area contributed by atoms with Gasteiger partial charge in [0.05, 0.1) is 5.52 Å². The summed E-state index contributed by atoms with van der Waals surface area (Å²) in [7, 11) is 0. The topological polar surface area (TPSA) is 79.6 Å². The van der Waals surface area contributed by atoms with Crippen LogP contribution in [-0.4, -0.2) is 33.4 Å². The van der Waals surface area contributed by atoms with Crippen LogP contribution in [0.5, 0.6) is 0 Å². The Balaban J connectivity index is 1.70. The molecule has 0 radical (unpaired) electrons. The number of nitrogens with one attached hydrogen (secondary N) is 2. The third-order valence-corrected chi connectivity index (χ3v) is 3.82. The summed E-state index contributed by atoms with van der Waals surface area (Å²) in [4.78, 5) is 4.54. The van der Waals surface area contributed by atoms with E-state index in [2.05, 4.69) is 25.7 Å². The van der Waals surface area contributed by atoms with Crippen LogP contribution in [0.2, 0.25) is 0 Å². The first-order valence-electron chi connectivity index (χ1n) is 6.89. The molecule has 0 aliphatic carbocycles. The second-order valence-electron chi connectivity index (χ2n) is 5.10. The van der Waals surface area contributed by atoms with Gasteiger partial charge in [0, 0.05) is 11.3 Å². The van der Waals surface area contributed by atoms with Gasteiger partial charge in [0.2, 0.25) is 0 Å². The van der Waals surface area contributed by atoms with Gasteiger partial charge in [0.15, 0.2) is 11.5 Å². The number of fused-ring (bicyclic) bond motifs is 1. The fraction of sp³-hybridized carbons (Fsp3) is 0.357. The summed E-state index contributed by atoms with van der Waals surface area (Å²) in [5.41, 5.74) is 1.71. The molecule has 1 fully saturated rings. The molecule has 2 N–H and O–H groups in total. The first-order chi connectivity index (χ1) is 9.92. The molecule has 1 aromatic carbocycles. The molecule has 20 heavy (non-hydrogen) atoms. The molecular weight excluding hydrogens is 254 g/mol. The molecule has 0 amide bonds. The maximum atomic E-state index is 5.41. The lowest BCUT2D eigenvalue weighted by atomic mass is 9.98. The van der Waals surface area contributed by atoms with Crippen molar-refractivity contribution in [3.05, 3.63) is 30.1 Å². The molecule has 0 spiro atoms. The molecule has 0 bridgehead atoms. The van der Waals surface area contributed by atoms with E-state index in [-0.39, 0.29) is 0 Å². The van der Waals surface area contributed by atoms with Crippen LogP contribution in [0.4, 0.5) is 0 Å². The number of hydrogen-bond donors (Lipinski definition) is 2. The van der Waals surface area contributed by atoms with Crippen LogP contribution < -0.4 is 5.32 Å². The Morgan fingerprint density at radius 1 is 1.15 bits per heavy atom. The largest absolute Gasteiger partial charge is 0.332 e. The van der Waals surface area contributed by atoms with E-state index < -0.39 is 0 Å². The number of benzene rings is 1. The Morgan fingerprint density at radius 2 is 2.00 bits per heavy atom. The Hall–Kier alpha value is -2.21. The molecule has 6 heteroatoms. The lowest BCUT2D eigenvalue weighted by Gasteiger charge is -2.18. The number of piperidine rings is 1. The Bertz CT molecular complexity index is 726. The molecular formula is C14H15N5O. The van der Waals surface area contributed by atoms with Crippen molar-refractivity contribution in [2.24, 2.45) is 0 Å². The van der Waals surface area contributed by atoms with Crippen molar-refractivity contribution < 1.29 is 4.52 Å². The quantitative estimate of drug-likeness (QED) is 0.744. The number of hydrogen-bond acceptors (Lipinski definition) is 5. The molecule has 3 aromatic rings. The molecule has 4 rings (SSSR count). The number of para-hydroxylation sites is 1. The summed E-state index contributed by atoms with van der Waals surface area (Å²) < 4.78 is 5.41. The van der Waals surface area contributed by atoms with Gasteiger partial charge < -0.3 is 9.84 Å². The number of rotatable bonds is 2. The van der Waals surface area contributed by atoms with Gasteiger partial charge in [-0.25, -0.2) is 0 Å². The van der Waals surface area contributed by atoms with Crippen molar-refractivity contribution >= 4 is 10.9 Å². The number of nitrogens with zero attached hydrogens (tertiary/aromatic N) is 3. The standard InChI is InChI=1S/C14H15N5O/c1-2-4-11-10(3-1)12(18-17-11)14-16-13(19-20-14)9-5-7-15-8-6-9/h1-4,9,15H,5-8H2,(H,17,18). The molecule has 102 valence electrons. The molecule has 1 aliphatic heterocycles. The van der Waals surface area contributed by atoms with Crippen molar-refractivity contribution in [1.29, 1.82) is 0 Å². The van der Waals surface area contributed by atoms with Crippen molar-refractivity contribution in [2.75, 3.05) is 13.1 Å². The molecule has 0 unspecified atom stereocenters. The van der Waals surface area contributed by atoms with Crippen molar-refractivity contribution in [3.63, 3.8) is 0 Å². The highest BCUT2D eigenvalue weighted by Crippen LogP contribution is 2.28. The summed E-state index contributed by atoms with van der Waals surface area (Å²) in [6.07, 6.45) is 2.11. The highest BCUT2D eigenvalue weighted by Gasteiger charge is 2.22. The number of aromatic amines is 1. The van der Waals surface area contributed by atoms with Gasteiger partial charge in [-0.3, -0.25) is 5.10 Å². The van der Waals surface area contributed by atoms with Gasteiger partial charge in [-0.1, -0.05) is 23.4 Å². The van der Waals surface area contributed by atoms with Crippen molar-refractivity contribution in [1.82, 2.24) is 25.7 Å². The Morgan fingerprint density at radius 3 is 2.90 bits per heavy atom. The van der Waals surface area contributed by atoms with E-state index in [1.165, 1.54) is 0 Å². The first kappa shape index (κ1) is 11.6. The van der Waals surface area contributed by atoms with Crippen LogP contribution in [0.25, 0.3) is 22.5 Å². The minimum atomic E-state index is 0.388. The van der Waals surface area contributed by atoms with Crippen LogP contribution in [-0.2, 0) is 0 Å². The lowest BCUT2D eigenvalue weighted by molar-refractivity contribution is 0.391. The van der Waals surface area contributed by atoms with Gasteiger partial charge >= 0.3 is 0 Å². The predicted octanol–water partition coefficient (Wildman–Crippen LogP) is 2.08. The van der Waals surface area contributed by atoms with Crippen molar-refractivity contribution in [2.45, 2.75) is 18.8 Å². The Labute approximate surface area is 115 Å².